The van der Waals surface area contributed by atoms with Crippen LogP contribution in [0.2, 0.25) is 0 Å². The topological polar surface area (TPSA) is 114 Å². The van der Waals surface area contributed by atoms with E-state index in [-0.39, 0.29) is 18.8 Å². The highest BCUT2D eigenvalue weighted by Gasteiger charge is 2.33. The van der Waals surface area contributed by atoms with E-state index in [1.54, 1.807) is 11.4 Å². The molecule has 1 aromatic heterocycles. The van der Waals surface area contributed by atoms with Crippen molar-refractivity contribution in [2.24, 2.45) is 5.92 Å². The molecular formula is C21H23N3O5S. The summed E-state index contributed by atoms with van der Waals surface area (Å²) in [5.74, 6) is -2.34. The number of rotatable bonds is 7. The van der Waals surface area contributed by atoms with E-state index < -0.39 is 29.7 Å². The van der Waals surface area contributed by atoms with Crippen LogP contribution in [0.5, 0.6) is 0 Å². The highest BCUT2D eigenvalue weighted by molar-refractivity contribution is 7.03. The van der Waals surface area contributed by atoms with Crippen LogP contribution in [0.25, 0.3) is 0 Å². The van der Waals surface area contributed by atoms with Gasteiger partial charge in [-0.05, 0) is 36.0 Å². The van der Waals surface area contributed by atoms with Crippen LogP contribution in [0.15, 0.2) is 41.8 Å². The molecule has 1 aromatic carbocycles. The molecular weight excluding hydrogens is 406 g/mol. The maximum Gasteiger partial charge on any atom is 0.408 e. The van der Waals surface area contributed by atoms with E-state index in [0.717, 1.165) is 29.9 Å². The van der Waals surface area contributed by atoms with Crippen molar-refractivity contribution in [1.82, 2.24) is 15.0 Å². The molecule has 3 rings (SSSR count). The Hall–Kier alpha value is -3.07. The zero-order valence-electron chi connectivity index (χ0n) is 16.3. The van der Waals surface area contributed by atoms with Gasteiger partial charge in [0.1, 0.15) is 12.6 Å². The van der Waals surface area contributed by atoms with Crippen molar-refractivity contribution in [2.75, 3.05) is 6.54 Å². The number of hydrogen-bond acceptors (Lipinski definition) is 7. The number of benzene rings is 1. The van der Waals surface area contributed by atoms with Crippen molar-refractivity contribution >= 4 is 35.1 Å². The standard InChI is InChI=1S/C21H23N3O5S/c25-17(12-15-8-4-5-10-22-20(27)19(15)26)18(16-9-11-30-24-16)23-21(28)29-13-14-6-2-1-3-7-14/h1-3,6-7,9,11,15,18H,4-5,8,10,12-13H2,(H,22,27)(H,23,28). The fourth-order valence-corrected chi connectivity index (χ4v) is 3.80. The van der Waals surface area contributed by atoms with E-state index in [2.05, 4.69) is 15.0 Å². The summed E-state index contributed by atoms with van der Waals surface area (Å²) >= 11 is 1.15. The average Bonchev–Trinajstić information content (AvgIpc) is 3.28. The van der Waals surface area contributed by atoms with Crippen LogP contribution in [-0.4, -0.2) is 34.5 Å². The zero-order chi connectivity index (χ0) is 21.3. The van der Waals surface area contributed by atoms with Gasteiger partial charge >= 0.3 is 6.09 Å². The molecule has 9 heteroatoms. The van der Waals surface area contributed by atoms with Crippen LogP contribution in [0, 0.1) is 5.92 Å². The highest BCUT2D eigenvalue weighted by atomic mass is 32.1. The van der Waals surface area contributed by atoms with Crippen molar-refractivity contribution in [3.63, 3.8) is 0 Å². The Kier molecular flexibility index (Phi) is 7.67. The monoisotopic (exact) mass is 429 g/mol. The fourth-order valence-electron chi connectivity index (χ4n) is 3.25. The van der Waals surface area contributed by atoms with Gasteiger partial charge in [0.25, 0.3) is 5.91 Å². The number of carbonyl (C=O) groups is 4. The normalized spacial score (nSPS) is 17.9. The number of ether oxygens (including phenoxy) is 1. The number of hydrogen-bond donors (Lipinski definition) is 2. The Balaban J connectivity index is 1.65. The number of nitrogens with one attached hydrogen (secondary N) is 2. The molecule has 2 amide bonds. The summed E-state index contributed by atoms with van der Waals surface area (Å²) in [4.78, 5) is 49.5. The maximum atomic E-state index is 13.0. The number of nitrogens with zero attached hydrogens (tertiary/aromatic N) is 1. The van der Waals surface area contributed by atoms with Crippen LogP contribution in [-0.2, 0) is 25.7 Å². The van der Waals surface area contributed by atoms with E-state index >= 15 is 0 Å². The molecule has 30 heavy (non-hydrogen) atoms. The van der Waals surface area contributed by atoms with Gasteiger partial charge in [-0.25, -0.2) is 4.79 Å². The van der Waals surface area contributed by atoms with Gasteiger partial charge < -0.3 is 15.4 Å². The van der Waals surface area contributed by atoms with Gasteiger partial charge in [-0.3, -0.25) is 14.4 Å². The average molecular weight is 429 g/mol. The Bertz CT molecular complexity index is 885. The van der Waals surface area contributed by atoms with Crippen molar-refractivity contribution < 1.29 is 23.9 Å². The zero-order valence-corrected chi connectivity index (χ0v) is 17.2. The lowest BCUT2D eigenvalue weighted by molar-refractivity contribution is -0.141. The molecule has 0 aliphatic carbocycles. The molecule has 0 spiro atoms. The second kappa shape index (κ2) is 10.6. The molecule has 0 saturated carbocycles. The third-order valence-corrected chi connectivity index (χ3v) is 5.43. The van der Waals surface area contributed by atoms with Gasteiger partial charge in [0.15, 0.2) is 5.78 Å². The number of alkyl carbamates (subject to hydrolysis) is 1. The van der Waals surface area contributed by atoms with E-state index in [9.17, 15) is 19.2 Å². The molecule has 8 nitrogen and oxygen atoms in total. The first kappa shape index (κ1) is 21.6. The number of ketones is 2. The summed E-state index contributed by atoms with van der Waals surface area (Å²) in [7, 11) is 0. The second-order valence-electron chi connectivity index (χ2n) is 7.05. The minimum absolute atomic E-state index is 0.0614. The van der Waals surface area contributed by atoms with Gasteiger partial charge in [0.2, 0.25) is 5.78 Å². The summed E-state index contributed by atoms with van der Waals surface area (Å²) in [5, 5.41) is 6.81. The highest BCUT2D eigenvalue weighted by Crippen LogP contribution is 2.23. The Labute approximate surface area is 178 Å². The Morgan fingerprint density at radius 1 is 1.20 bits per heavy atom. The minimum atomic E-state index is -1.04. The molecule has 1 aliphatic heterocycles. The third kappa shape index (κ3) is 5.96. The van der Waals surface area contributed by atoms with Crippen molar-refractivity contribution in [2.45, 2.75) is 38.3 Å². The molecule has 1 fully saturated rings. The molecule has 158 valence electrons. The second-order valence-corrected chi connectivity index (χ2v) is 7.71. The van der Waals surface area contributed by atoms with Crippen LogP contribution >= 0.6 is 11.5 Å². The van der Waals surface area contributed by atoms with Gasteiger partial charge in [-0.2, -0.15) is 4.37 Å². The molecule has 2 aromatic rings. The molecule has 0 bridgehead atoms. The first-order chi connectivity index (χ1) is 14.5. The van der Waals surface area contributed by atoms with Crippen molar-refractivity contribution in [1.29, 1.82) is 0 Å². The Morgan fingerprint density at radius 3 is 2.73 bits per heavy atom. The number of carbonyl (C=O) groups excluding carboxylic acids is 4. The van der Waals surface area contributed by atoms with Crippen LogP contribution < -0.4 is 10.6 Å². The molecule has 1 saturated heterocycles. The third-order valence-electron chi connectivity index (χ3n) is 4.86. The number of aromatic nitrogens is 1. The lowest BCUT2D eigenvalue weighted by Crippen LogP contribution is -2.40. The maximum absolute atomic E-state index is 13.0. The number of Topliss-reactive ketones (excluding diaryl/α,β-unsaturated/α-hetero) is 2. The van der Waals surface area contributed by atoms with Crippen LogP contribution in [0.4, 0.5) is 4.79 Å². The number of amides is 2. The van der Waals surface area contributed by atoms with E-state index in [1.165, 1.54) is 0 Å². The minimum Gasteiger partial charge on any atom is -0.445 e. The molecule has 2 atom stereocenters. The van der Waals surface area contributed by atoms with Gasteiger partial charge in [-0.1, -0.05) is 36.8 Å². The largest absolute Gasteiger partial charge is 0.445 e. The predicted molar refractivity (Wildman–Crippen MR) is 110 cm³/mol. The summed E-state index contributed by atoms with van der Waals surface area (Å²) in [6.45, 7) is 0.521. The summed E-state index contributed by atoms with van der Waals surface area (Å²) < 4.78 is 9.37. The van der Waals surface area contributed by atoms with Crippen LogP contribution in [0.3, 0.4) is 0 Å². The molecule has 2 N–H and O–H groups in total. The SMILES string of the molecule is O=C(NC(C(=O)CC1CCCCNC(=O)C1=O)c1ccsn1)OCc1ccccc1. The smallest absolute Gasteiger partial charge is 0.408 e. The quantitative estimate of drug-likeness (QED) is 0.654. The summed E-state index contributed by atoms with van der Waals surface area (Å²) in [6.07, 6.45) is 1.04. The van der Waals surface area contributed by atoms with Crippen LogP contribution in [0.1, 0.15) is 43.0 Å². The van der Waals surface area contributed by atoms with Gasteiger partial charge in [-0.15, -0.1) is 0 Å². The first-order valence-electron chi connectivity index (χ1n) is 9.77. The van der Waals surface area contributed by atoms with Crippen molar-refractivity contribution in [3.05, 3.63) is 53.0 Å². The summed E-state index contributed by atoms with van der Waals surface area (Å²) in [5.41, 5.74) is 1.19. The van der Waals surface area contributed by atoms with Gasteiger partial charge in [0.05, 0.1) is 5.69 Å². The summed E-state index contributed by atoms with van der Waals surface area (Å²) in [6, 6.07) is 9.76. The molecule has 0 radical (unpaired) electrons. The van der Waals surface area contributed by atoms with Gasteiger partial charge in [0, 0.05) is 24.3 Å². The van der Waals surface area contributed by atoms with E-state index in [4.69, 9.17) is 4.74 Å². The van der Waals surface area contributed by atoms with E-state index in [1.807, 2.05) is 30.3 Å². The lowest BCUT2D eigenvalue weighted by Gasteiger charge is -2.21. The lowest BCUT2D eigenvalue weighted by atomic mass is 9.88. The fraction of sp³-hybridized carbons (Fsp3) is 0.381. The first-order valence-corrected chi connectivity index (χ1v) is 10.6. The predicted octanol–water partition coefficient (Wildman–Crippen LogP) is 2.56. The molecule has 2 heterocycles. The molecule has 1 aliphatic rings. The Morgan fingerprint density at radius 2 is 2.00 bits per heavy atom. The van der Waals surface area contributed by atoms with E-state index in [0.29, 0.717) is 18.7 Å². The van der Waals surface area contributed by atoms with Crippen molar-refractivity contribution in [3.8, 4) is 0 Å². The molecule has 2 unspecified atom stereocenters.